The van der Waals surface area contributed by atoms with Crippen molar-refractivity contribution in [1.29, 1.82) is 0 Å². The van der Waals surface area contributed by atoms with Gasteiger partial charge < -0.3 is 14.7 Å². The average molecular weight is 1060 g/mol. The van der Waals surface area contributed by atoms with E-state index in [4.69, 9.17) is 0 Å². The van der Waals surface area contributed by atoms with Gasteiger partial charge in [0.2, 0.25) is 0 Å². The largest absolute Gasteiger partial charge is 0.310 e. The Morgan fingerprint density at radius 3 is 0.543 bits per heavy atom. The van der Waals surface area contributed by atoms with Crippen LogP contribution in [0.25, 0.3) is 33.4 Å². The Morgan fingerprint density at radius 1 is 0.198 bits per heavy atom. The van der Waals surface area contributed by atoms with E-state index in [0.29, 0.717) is 0 Å². The lowest BCUT2D eigenvalue weighted by molar-refractivity contribution is 0.909. The smallest absolute Gasteiger partial charge is 0.0493 e. The number of rotatable bonds is 24. The van der Waals surface area contributed by atoms with Crippen LogP contribution in [0, 0.1) is 0 Å². The third kappa shape index (κ3) is 12.6. The molecule has 0 heterocycles. The maximum Gasteiger partial charge on any atom is 0.0493 e. The SMILES string of the molecule is CCCc1ccccc1N(c1ccc(-c2cc(-c3ccc(N(c4ccccc4CCC)c4ccccc4CCC)cc3)cc(-c3ccc(N(c4ccccc4CCC)c4ccccc4CCC)cc3)c2)cc1)c1ccccc1CCC. The second-order valence-corrected chi connectivity index (χ2v) is 21.7. The summed E-state index contributed by atoms with van der Waals surface area (Å²) in [4.78, 5) is 7.50. The van der Waals surface area contributed by atoms with Crippen molar-refractivity contribution < 1.29 is 0 Å². The molecule has 0 fully saturated rings. The molecule has 3 nitrogen and oxygen atoms in total. The predicted octanol–water partition coefficient (Wildman–Crippen LogP) is 22.8. The molecule has 0 atom stereocenters. The molecule has 0 saturated heterocycles. The number of aryl methyl sites for hydroxylation is 6. The zero-order valence-corrected chi connectivity index (χ0v) is 48.8. The van der Waals surface area contributed by atoms with Crippen molar-refractivity contribution in [2.24, 2.45) is 0 Å². The highest BCUT2D eigenvalue weighted by Crippen LogP contribution is 2.45. The standard InChI is InChI=1S/C78H81N3/c1-7-25-61-31-13-19-37-73(61)79(74-38-20-14-32-62(74)26-8-2)70-49-43-58(44-50-70)67-55-68(59-45-51-71(52-46-59)80(75-39-21-15-33-63(75)27-9-3)76-40-22-16-34-64(76)28-10-4)57-69(56-67)60-47-53-72(54-48-60)81(77-41-23-17-35-65(77)29-11-5)78-42-24-18-36-66(78)30-12-6/h13-24,31-57H,7-12,25-30H2,1-6H3. The molecule has 10 aromatic rings. The van der Waals surface area contributed by atoms with Crippen molar-refractivity contribution in [3.63, 3.8) is 0 Å². The Morgan fingerprint density at radius 2 is 0.370 bits per heavy atom. The lowest BCUT2D eigenvalue weighted by Crippen LogP contribution is -2.14. The summed E-state index contributed by atoms with van der Waals surface area (Å²) in [5, 5.41) is 0. The molecule has 81 heavy (non-hydrogen) atoms. The normalized spacial score (nSPS) is 11.2. The van der Waals surface area contributed by atoms with Gasteiger partial charge in [-0.15, -0.1) is 0 Å². The van der Waals surface area contributed by atoms with Gasteiger partial charge in [-0.25, -0.2) is 0 Å². The Labute approximate surface area is 485 Å². The van der Waals surface area contributed by atoms with E-state index in [1.54, 1.807) is 0 Å². The number of anilines is 9. The third-order valence-electron chi connectivity index (χ3n) is 15.8. The lowest BCUT2D eigenvalue weighted by atomic mass is 9.92. The molecule has 0 unspecified atom stereocenters. The van der Waals surface area contributed by atoms with Crippen LogP contribution in [0.15, 0.2) is 237 Å². The quantitative estimate of drug-likeness (QED) is 0.0597. The summed E-state index contributed by atoms with van der Waals surface area (Å²) in [6, 6.07) is 89.0. The van der Waals surface area contributed by atoms with Gasteiger partial charge in [-0.1, -0.05) is 226 Å². The fourth-order valence-corrected chi connectivity index (χ4v) is 12.0. The first-order chi connectivity index (χ1) is 39.9. The molecule has 0 aliphatic rings. The zero-order valence-electron chi connectivity index (χ0n) is 48.8. The first kappa shape index (κ1) is 55.9. The zero-order chi connectivity index (χ0) is 55.9. The van der Waals surface area contributed by atoms with Crippen molar-refractivity contribution in [2.45, 2.75) is 119 Å². The number of nitrogens with zero attached hydrogens (tertiary/aromatic N) is 3. The Kier molecular flexibility index (Phi) is 18.8. The Bertz CT molecular complexity index is 3080. The number of hydrogen-bond acceptors (Lipinski definition) is 3. The second kappa shape index (κ2) is 27.2. The monoisotopic (exact) mass is 1060 g/mol. The van der Waals surface area contributed by atoms with Crippen LogP contribution in [0.5, 0.6) is 0 Å². The molecule has 10 rings (SSSR count). The van der Waals surface area contributed by atoms with Gasteiger partial charge in [-0.3, -0.25) is 0 Å². The molecule has 0 aliphatic carbocycles. The summed E-state index contributed by atoms with van der Waals surface area (Å²) >= 11 is 0. The van der Waals surface area contributed by atoms with Crippen molar-refractivity contribution in [2.75, 3.05) is 14.7 Å². The molecule has 0 radical (unpaired) electrons. The van der Waals surface area contributed by atoms with Crippen LogP contribution in [-0.2, 0) is 38.5 Å². The van der Waals surface area contributed by atoms with Crippen LogP contribution in [0.1, 0.15) is 113 Å². The summed E-state index contributed by atoms with van der Waals surface area (Å²) in [6.07, 6.45) is 12.6. The minimum Gasteiger partial charge on any atom is -0.310 e. The van der Waals surface area contributed by atoms with E-state index in [1.807, 2.05) is 0 Å². The molecule has 0 aliphatic heterocycles. The maximum absolute atomic E-state index is 2.50. The van der Waals surface area contributed by atoms with Gasteiger partial charge in [-0.2, -0.15) is 0 Å². The van der Waals surface area contributed by atoms with Gasteiger partial charge in [-0.05, 0) is 196 Å². The van der Waals surface area contributed by atoms with Gasteiger partial charge >= 0.3 is 0 Å². The summed E-state index contributed by atoms with van der Waals surface area (Å²) in [5.41, 5.74) is 26.2. The third-order valence-corrected chi connectivity index (χ3v) is 15.8. The summed E-state index contributed by atoms with van der Waals surface area (Å²) < 4.78 is 0. The summed E-state index contributed by atoms with van der Waals surface area (Å²) in [7, 11) is 0. The molecule has 0 saturated carbocycles. The van der Waals surface area contributed by atoms with Gasteiger partial charge in [0, 0.05) is 51.2 Å². The van der Waals surface area contributed by atoms with Gasteiger partial charge in [0.1, 0.15) is 0 Å². The fraction of sp³-hybridized carbons (Fsp3) is 0.231. The van der Waals surface area contributed by atoms with Crippen molar-refractivity contribution in [1.82, 2.24) is 0 Å². The van der Waals surface area contributed by atoms with Crippen molar-refractivity contribution in [3.8, 4) is 33.4 Å². The van der Waals surface area contributed by atoms with E-state index in [0.717, 1.165) is 94.1 Å². The molecule has 0 spiro atoms. The highest BCUT2D eigenvalue weighted by molar-refractivity contribution is 5.88. The van der Waals surface area contributed by atoms with E-state index >= 15 is 0 Å². The summed E-state index contributed by atoms with van der Waals surface area (Å²) in [6.45, 7) is 13.7. The highest BCUT2D eigenvalue weighted by Gasteiger charge is 2.23. The van der Waals surface area contributed by atoms with E-state index in [1.165, 1.54) is 101 Å². The molecule has 0 aromatic heterocycles. The van der Waals surface area contributed by atoms with Crippen molar-refractivity contribution >= 4 is 51.2 Å². The average Bonchev–Trinajstić information content (AvgIpc) is 3.55. The van der Waals surface area contributed by atoms with E-state index in [9.17, 15) is 0 Å². The lowest BCUT2D eigenvalue weighted by Gasteiger charge is -2.30. The van der Waals surface area contributed by atoms with Gasteiger partial charge in [0.05, 0.1) is 0 Å². The molecule has 0 N–H and O–H groups in total. The molecular formula is C78H81N3. The van der Waals surface area contributed by atoms with Crippen molar-refractivity contribution in [3.05, 3.63) is 270 Å². The molecule has 10 aromatic carbocycles. The topological polar surface area (TPSA) is 9.72 Å². The Hall–Kier alpha value is -8.40. The fourth-order valence-electron chi connectivity index (χ4n) is 12.0. The van der Waals surface area contributed by atoms with Gasteiger partial charge in [0.25, 0.3) is 0 Å². The first-order valence-corrected chi connectivity index (χ1v) is 30.3. The Balaban J connectivity index is 1.10. The highest BCUT2D eigenvalue weighted by atomic mass is 15.2. The van der Waals surface area contributed by atoms with E-state index in [-0.39, 0.29) is 0 Å². The molecule has 408 valence electrons. The number of hydrogen-bond donors (Lipinski definition) is 0. The van der Waals surface area contributed by atoms with Crippen LogP contribution in [-0.4, -0.2) is 0 Å². The molecule has 3 heteroatoms. The van der Waals surface area contributed by atoms with Crippen LogP contribution in [0.2, 0.25) is 0 Å². The molecule has 0 bridgehead atoms. The minimum atomic E-state index is 1.02. The maximum atomic E-state index is 2.50. The van der Waals surface area contributed by atoms with Crippen LogP contribution >= 0.6 is 0 Å². The number of benzene rings is 10. The van der Waals surface area contributed by atoms with E-state index in [2.05, 4.69) is 293 Å². The minimum absolute atomic E-state index is 1.02. The predicted molar refractivity (Wildman–Crippen MR) is 351 cm³/mol. The first-order valence-electron chi connectivity index (χ1n) is 30.3. The van der Waals surface area contributed by atoms with Gasteiger partial charge in [0.15, 0.2) is 0 Å². The second-order valence-electron chi connectivity index (χ2n) is 21.7. The summed E-state index contributed by atoms with van der Waals surface area (Å²) in [5.74, 6) is 0. The number of para-hydroxylation sites is 6. The van der Waals surface area contributed by atoms with Crippen LogP contribution in [0.3, 0.4) is 0 Å². The molecule has 0 amide bonds. The van der Waals surface area contributed by atoms with Crippen LogP contribution < -0.4 is 14.7 Å². The molecular weight excluding hydrogens is 979 g/mol. The van der Waals surface area contributed by atoms with E-state index < -0.39 is 0 Å². The van der Waals surface area contributed by atoms with Crippen LogP contribution in [0.4, 0.5) is 51.2 Å².